The molecule has 0 saturated heterocycles. The molecule has 134 valence electrons. The van der Waals surface area contributed by atoms with Crippen molar-refractivity contribution < 1.29 is 4.79 Å². The van der Waals surface area contributed by atoms with E-state index in [1.165, 1.54) is 12.8 Å². The summed E-state index contributed by atoms with van der Waals surface area (Å²) in [5, 5.41) is 9.44. The molecule has 0 fully saturated rings. The average molecular weight is 332 g/mol. The van der Waals surface area contributed by atoms with Gasteiger partial charge in [-0.3, -0.25) is 9.79 Å². The molecular weight excluding hydrogens is 300 g/mol. The zero-order chi connectivity index (χ0) is 17.8. The van der Waals surface area contributed by atoms with Crippen LogP contribution in [0.1, 0.15) is 56.0 Å². The molecule has 1 rings (SSSR count). The summed E-state index contributed by atoms with van der Waals surface area (Å²) in [6, 6.07) is 7.65. The maximum Gasteiger partial charge on any atom is 0.251 e. The molecule has 0 saturated carbocycles. The number of benzene rings is 1. The summed E-state index contributed by atoms with van der Waals surface area (Å²) in [5.41, 5.74) is 1.74. The predicted molar refractivity (Wildman–Crippen MR) is 101 cm³/mol. The Balaban J connectivity index is 2.40. The van der Waals surface area contributed by atoms with Crippen LogP contribution in [0, 0.1) is 5.92 Å². The van der Waals surface area contributed by atoms with Gasteiger partial charge in [0.05, 0.1) is 0 Å². The number of hydrogen-bond acceptors (Lipinski definition) is 2. The van der Waals surface area contributed by atoms with Crippen molar-refractivity contribution in [1.29, 1.82) is 0 Å². The molecule has 0 aromatic heterocycles. The molecule has 1 aromatic carbocycles. The lowest BCUT2D eigenvalue weighted by Crippen LogP contribution is -2.37. The van der Waals surface area contributed by atoms with Crippen LogP contribution in [0.2, 0.25) is 0 Å². The number of rotatable bonds is 9. The van der Waals surface area contributed by atoms with Crippen molar-refractivity contribution in [2.45, 2.75) is 46.6 Å². The van der Waals surface area contributed by atoms with Gasteiger partial charge in [0.25, 0.3) is 5.91 Å². The highest BCUT2D eigenvalue weighted by Gasteiger charge is 2.05. The van der Waals surface area contributed by atoms with E-state index in [1.54, 1.807) is 7.05 Å². The van der Waals surface area contributed by atoms with Crippen molar-refractivity contribution in [3.63, 3.8) is 0 Å². The van der Waals surface area contributed by atoms with Crippen molar-refractivity contribution >= 4 is 11.9 Å². The van der Waals surface area contributed by atoms with Crippen LogP contribution >= 0.6 is 0 Å². The van der Waals surface area contributed by atoms with Crippen LogP contribution in [0.25, 0.3) is 0 Å². The van der Waals surface area contributed by atoms with Gasteiger partial charge in [-0.05, 0) is 37.0 Å². The first-order valence-electron chi connectivity index (χ1n) is 8.88. The van der Waals surface area contributed by atoms with E-state index in [0.717, 1.165) is 30.4 Å². The summed E-state index contributed by atoms with van der Waals surface area (Å²) in [7, 11) is 1.77. The molecule has 5 heteroatoms. The lowest BCUT2D eigenvalue weighted by atomic mass is 10.1. The third kappa shape index (κ3) is 7.99. The van der Waals surface area contributed by atoms with Crippen LogP contribution in [-0.2, 0) is 6.54 Å². The van der Waals surface area contributed by atoms with Crippen LogP contribution in [0.3, 0.4) is 0 Å². The van der Waals surface area contributed by atoms with Gasteiger partial charge in [0.15, 0.2) is 5.96 Å². The van der Waals surface area contributed by atoms with Crippen LogP contribution in [0.15, 0.2) is 29.3 Å². The van der Waals surface area contributed by atoms with E-state index in [1.807, 2.05) is 31.2 Å². The summed E-state index contributed by atoms with van der Waals surface area (Å²) >= 11 is 0. The van der Waals surface area contributed by atoms with Gasteiger partial charge in [-0.15, -0.1) is 0 Å². The number of nitrogens with zero attached hydrogens (tertiary/aromatic N) is 1. The Kier molecular flexibility index (Phi) is 9.58. The molecule has 0 radical (unpaired) electrons. The highest BCUT2D eigenvalue weighted by atomic mass is 16.1. The minimum absolute atomic E-state index is 0.0352. The first-order valence-corrected chi connectivity index (χ1v) is 8.88. The maximum absolute atomic E-state index is 11.9. The summed E-state index contributed by atoms with van der Waals surface area (Å²) in [5.74, 6) is 1.52. The van der Waals surface area contributed by atoms with E-state index in [9.17, 15) is 4.79 Å². The first kappa shape index (κ1) is 20.0. The number of carbonyl (C=O) groups is 1. The summed E-state index contributed by atoms with van der Waals surface area (Å²) in [4.78, 5) is 16.1. The number of aliphatic imine (C=N–C) groups is 1. The molecule has 0 heterocycles. The number of hydrogen-bond donors (Lipinski definition) is 3. The molecule has 24 heavy (non-hydrogen) atoms. The van der Waals surface area contributed by atoms with Crippen LogP contribution < -0.4 is 16.0 Å². The topological polar surface area (TPSA) is 65.5 Å². The quantitative estimate of drug-likeness (QED) is 0.370. The van der Waals surface area contributed by atoms with Crippen molar-refractivity contribution in [1.82, 2.24) is 16.0 Å². The third-order valence-electron chi connectivity index (χ3n) is 3.71. The summed E-state index contributed by atoms with van der Waals surface area (Å²) in [6.07, 6.45) is 3.64. The van der Waals surface area contributed by atoms with Gasteiger partial charge in [0.1, 0.15) is 0 Å². The molecule has 0 spiro atoms. The molecule has 0 bridgehead atoms. The number of carbonyl (C=O) groups excluding carboxylic acids is 1. The highest BCUT2D eigenvalue weighted by Crippen LogP contribution is 2.06. The highest BCUT2D eigenvalue weighted by molar-refractivity contribution is 5.94. The Hall–Kier alpha value is -2.04. The first-order chi connectivity index (χ1) is 11.6. The maximum atomic E-state index is 11.9. The Bertz CT molecular complexity index is 526. The van der Waals surface area contributed by atoms with E-state index in [4.69, 9.17) is 0 Å². The molecule has 0 aliphatic rings. The largest absolute Gasteiger partial charge is 0.356 e. The van der Waals surface area contributed by atoms with Gasteiger partial charge < -0.3 is 16.0 Å². The van der Waals surface area contributed by atoms with Gasteiger partial charge >= 0.3 is 0 Å². The van der Waals surface area contributed by atoms with Crippen molar-refractivity contribution in [2.24, 2.45) is 10.9 Å². The van der Waals surface area contributed by atoms with Gasteiger partial charge in [0, 0.05) is 32.2 Å². The molecule has 0 aliphatic carbocycles. The summed E-state index contributed by atoms with van der Waals surface area (Å²) in [6.45, 7) is 8.62. The molecule has 0 aliphatic heterocycles. The molecule has 0 unspecified atom stereocenters. The van der Waals surface area contributed by atoms with Crippen LogP contribution in [0.4, 0.5) is 0 Å². The van der Waals surface area contributed by atoms with Crippen molar-refractivity contribution in [3.05, 3.63) is 35.4 Å². The molecule has 3 N–H and O–H groups in total. The SMILES string of the molecule is CCNC(=O)c1cccc(CNC(=NC)NCCCCC(C)C)c1. The second-order valence-corrected chi connectivity index (χ2v) is 6.30. The molecule has 0 atom stereocenters. The minimum atomic E-state index is -0.0352. The standard InChI is InChI=1S/C19H32N4O/c1-5-21-18(24)17-11-8-10-16(13-17)14-23-19(20-4)22-12-7-6-9-15(2)3/h8,10-11,13,15H,5-7,9,12,14H2,1-4H3,(H,21,24)(H2,20,22,23). The van der Waals surface area contributed by atoms with Gasteiger partial charge in [-0.1, -0.05) is 38.8 Å². The Morgan fingerprint density at radius 1 is 1.17 bits per heavy atom. The lowest BCUT2D eigenvalue weighted by molar-refractivity contribution is 0.0955. The monoisotopic (exact) mass is 332 g/mol. The number of amides is 1. The number of unbranched alkanes of at least 4 members (excludes halogenated alkanes) is 1. The zero-order valence-electron chi connectivity index (χ0n) is 15.5. The van der Waals surface area contributed by atoms with E-state index in [0.29, 0.717) is 18.7 Å². The smallest absolute Gasteiger partial charge is 0.251 e. The van der Waals surface area contributed by atoms with Crippen LogP contribution in [-0.4, -0.2) is 32.0 Å². The van der Waals surface area contributed by atoms with Crippen molar-refractivity contribution in [2.75, 3.05) is 20.1 Å². The van der Waals surface area contributed by atoms with Gasteiger partial charge in [-0.25, -0.2) is 0 Å². The van der Waals surface area contributed by atoms with Crippen LogP contribution in [0.5, 0.6) is 0 Å². The minimum Gasteiger partial charge on any atom is -0.356 e. The fourth-order valence-electron chi connectivity index (χ4n) is 2.38. The van der Waals surface area contributed by atoms with E-state index in [-0.39, 0.29) is 5.91 Å². The Labute approximate surface area is 146 Å². The number of guanidine groups is 1. The predicted octanol–water partition coefficient (Wildman–Crippen LogP) is 2.93. The second-order valence-electron chi connectivity index (χ2n) is 6.30. The zero-order valence-corrected chi connectivity index (χ0v) is 15.5. The molecule has 5 nitrogen and oxygen atoms in total. The average Bonchev–Trinajstić information content (AvgIpc) is 2.57. The fraction of sp³-hybridized carbons (Fsp3) is 0.579. The third-order valence-corrected chi connectivity index (χ3v) is 3.71. The fourth-order valence-corrected chi connectivity index (χ4v) is 2.38. The normalized spacial score (nSPS) is 11.5. The second kappa shape index (κ2) is 11.5. The Morgan fingerprint density at radius 2 is 1.96 bits per heavy atom. The van der Waals surface area contributed by atoms with Gasteiger partial charge in [-0.2, -0.15) is 0 Å². The molecule has 1 amide bonds. The van der Waals surface area contributed by atoms with E-state index >= 15 is 0 Å². The summed E-state index contributed by atoms with van der Waals surface area (Å²) < 4.78 is 0. The van der Waals surface area contributed by atoms with E-state index < -0.39 is 0 Å². The molecular formula is C19H32N4O. The van der Waals surface area contributed by atoms with Crippen molar-refractivity contribution in [3.8, 4) is 0 Å². The Morgan fingerprint density at radius 3 is 2.62 bits per heavy atom. The lowest BCUT2D eigenvalue weighted by Gasteiger charge is -2.13. The molecule has 1 aromatic rings. The number of nitrogens with one attached hydrogen (secondary N) is 3. The van der Waals surface area contributed by atoms with E-state index in [2.05, 4.69) is 34.8 Å². The van der Waals surface area contributed by atoms with Gasteiger partial charge in [0.2, 0.25) is 0 Å².